The van der Waals surface area contributed by atoms with E-state index in [9.17, 15) is 13.2 Å². The third kappa shape index (κ3) is 3.15. The van der Waals surface area contributed by atoms with Gasteiger partial charge in [-0.25, -0.2) is 5.43 Å². The number of aryl methyl sites for hydroxylation is 1. The zero-order chi connectivity index (χ0) is 14.0. The van der Waals surface area contributed by atoms with Crippen molar-refractivity contribution >= 4 is 11.3 Å². The Morgan fingerprint density at radius 1 is 1.16 bits per heavy atom. The van der Waals surface area contributed by atoms with E-state index in [1.165, 1.54) is 12.1 Å². The fraction of sp³-hybridized carbons (Fsp3) is 0.231. The summed E-state index contributed by atoms with van der Waals surface area (Å²) >= 11 is 1.57. The van der Waals surface area contributed by atoms with Gasteiger partial charge >= 0.3 is 6.18 Å². The van der Waals surface area contributed by atoms with Gasteiger partial charge < -0.3 is 0 Å². The van der Waals surface area contributed by atoms with Crippen molar-refractivity contribution in [3.63, 3.8) is 0 Å². The third-order valence-electron chi connectivity index (χ3n) is 2.82. The normalized spacial score (nSPS) is 13.5. The molecule has 2 nitrogen and oxygen atoms in total. The monoisotopic (exact) mass is 286 g/mol. The van der Waals surface area contributed by atoms with Gasteiger partial charge in [-0.15, -0.1) is 11.3 Å². The van der Waals surface area contributed by atoms with E-state index in [1.807, 2.05) is 18.4 Å². The number of hydrogen-bond acceptors (Lipinski definition) is 3. The number of alkyl halides is 3. The van der Waals surface area contributed by atoms with Gasteiger partial charge in [-0.05, 0) is 41.6 Å². The third-order valence-corrected chi connectivity index (χ3v) is 3.70. The van der Waals surface area contributed by atoms with E-state index < -0.39 is 11.7 Å². The molecule has 0 aliphatic carbocycles. The lowest BCUT2D eigenvalue weighted by Gasteiger charge is -2.16. The molecule has 6 heteroatoms. The van der Waals surface area contributed by atoms with E-state index in [-0.39, 0.29) is 6.04 Å². The summed E-state index contributed by atoms with van der Waals surface area (Å²) in [7, 11) is 0. The SMILES string of the molecule is Cc1cc(C(NN)c2ccc(C(F)(F)F)cc2)cs1. The smallest absolute Gasteiger partial charge is 0.271 e. The van der Waals surface area contributed by atoms with Crippen molar-refractivity contribution in [2.24, 2.45) is 5.84 Å². The second-order valence-corrected chi connectivity index (χ2v) is 5.33. The van der Waals surface area contributed by atoms with Gasteiger partial charge in [-0.1, -0.05) is 12.1 Å². The van der Waals surface area contributed by atoms with Crippen LogP contribution in [0.4, 0.5) is 13.2 Å². The van der Waals surface area contributed by atoms with Crippen LogP contribution in [0.2, 0.25) is 0 Å². The first-order valence-corrected chi connectivity index (χ1v) is 6.48. The summed E-state index contributed by atoms with van der Waals surface area (Å²) in [5.74, 6) is 5.50. The second kappa shape index (κ2) is 5.32. The van der Waals surface area contributed by atoms with Gasteiger partial charge in [-0.3, -0.25) is 5.84 Å². The molecule has 0 saturated carbocycles. The number of hydrazine groups is 1. The van der Waals surface area contributed by atoms with E-state index in [2.05, 4.69) is 5.43 Å². The summed E-state index contributed by atoms with van der Waals surface area (Å²) in [6, 6.07) is 6.69. The van der Waals surface area contributed by atoms with Crippen molar-refractivity contribution in [1.82, 2.24) is 5.43 Å². The predicted octanol–water partition coefficient (Wildman–Crippen LogP) is 3.63. The molecule has 1 heterocycles. The minimum atomic E-state index is -4.32. The molecule has 1 atom stereocenters. The molecular formula is C13H13F3N2S. The number of benzene rings is 1. The number of nitrogens with two attached hydrogens (primary N) is 1. The molecule has 0 aliphatic heterocycles. The Morgan fingerprint density at radius 2 is 1.79 bits per heavy atom. The number of halogens is 3. The number of thiophene rings is 1. The highest BCUT2D eigenvalue weighted by Gasteiger charge is 2.30. The maximum Gasteiger partial charge on any atom is 0.416 e. The molecular weight excluding hydrogens is 273 g/mol. The van der Waals surface area contributed by atoms with Gasteiger partial charge in [-0.2, -0.15) is 13.2 Å². The van der Waals surface area contributed by atoms with Crippen molar-refractivity contribution in [2.45, 2.75) is 19.1 Å². The molecule has 0 saturated heterocycles. The highest BCUT2D eigenvalue weighted by atomic mass is 32.1. The molecule has 0 amide bonds. The molecule has 2 rings (SSSR count). The summed E-state index contributed by atoms with van der Waals surface area (Å²) in [6.07, 6.45) is -4.32. The van der Waals surface area contributed by atoms with Crippen molar-refractivity contribution < 1.29 is 13.2 Å². The molecule has 0 aliphatic rings. The molecule has 2 aromatic rings. The molecule has 3 N–H and O–H groups in total. The molecule has 0 fully saturated rings. The van der Waals surface area contributed by atoms with Crippen LogP contribution < -0.4 is 11.3 Å². The Morgan fingerprint density at radius 3 is 2.21 bits per heavy atom. The largest absolute Gasteiger partial charge is 0.416 e. The summed E-state index contributed by atoms with van der Waals surface area (Å²) < 4.78 is 37.5. The summed E-state index contributed by atoms with van der Waals surface area (Å²) in [6.45, 7) is 1.97. The van der Waals surface area contributed by atoms with E-state index >= 15 is 0 Å². The Hall–Kier alpha value is -1.37. The van der Waals surface area contributed by atoms with Crippen molar-refractivity contribution in [3.8, 4) is 0 Å². The van der Waals surface area contributed by atoms with Gasteiger partial charge in [0.15, 0.2) is 0 Å². The topological polar surface area (TPSA) is 38.0 Å². The highest BCUT2D eigenvalue weighted by molar-refractivity contribution is 7.10. The first kappa shape index (κ1) is 14.0. The molecule has 1 aromatic carbocycles. The van der Waals surface area contributed by atoms with Crippen LogP contribution in [0, 0.1) is 6.92 Å². The fourth-order valence-corrected chi connectivity index (χ4v) is 2.59. The van der Waals surface area contributed by atoms with E-state index in [0.717, 1.165) is 22.6 Å². The first-order chi connectivity index (χ1) is 8.91. The average molecular weight is 286 g/mol. The zero-order valence-corrected chi connectivity index (χ0v) is 11.0. The van der Waals surface area contributed by atoms with Crippen molar-refractivity contribution in [2.75, 3.05) is 0 Å². The van der Waals surface area contributed by atoms with Crippen LogP contribution in [0.5, 0.6) is 0 Å². The maximum absolute atomic E-state index is 12.5. The van der Waals surface area contributed by atoms with Gasteiger partial charge in [0.1, 0.15) is 0 Å². The number of nitrogens with one attached hydrogen (secondary N) is 1. The Bertz CT molecular complexity index is 546. The zero-order valence-electron chi connectivity index (χ0n) is 10.2. The van der Waals surface area contributed by atoms with Crippen molar-refractivity contribution in [3.05, 3.63) is 57.3 Å². The van der Waals surface area contributed by atoms with Crippen molar-refractivity contribution in [1.29, 1.82) is 0 Å². The lowest BCUT2D eigenvalue weighted by atomic mass is 10.0. The summed E-state index contributed by atoms with van der Waals surface area (Å²) in [5, 5.41) is 1.94. The fourth-order valence-electron chi connectivity index (χ4n) is 1.86. The molecule has 102 valence electrons. The highest BCUT2D eigenvalue weighted by Crippen LogP contribution is 2.31. The lowest BCUT2D eigenvalue weighted by Crippen LogP contribution is -2.28. The van der Waals surface area contributed by atoms with Crippen LogP contribution in [0.1, 0.15) is 27.6 Å². The standard InChI is InChI=1S/C13H13F3N2S/c1-8-6-10(7-19-8)12(18-17)9-2-4-11(5-3-9)13(14,15)16/h2-7,12,18H,17H2,1H3. The van der Waals surface area contributed by atoms with Crippen LogP contribution in [-0.2, 0) is 6.18 Å². The van der Waals surface area contributed by atoms with Crippen LogP contribution in [-0.4, -0.2) is 0 Å². The Kier molecular flexibility index (Phi) is 3.93. The van der Waals surface area contributed by atoms with Crippen LogP contribution in [0.3, 0.4) is 0 Å². The quantitative estimate of drug-likeness (QED) is 0.668. The second-order valence-electron chi connectivity index (χ2n) is 4.21. The van der Waals surface area contributed by atoms with E-state index in [1.54, 1.807) is 11.3 Å². The summed E-state index contributed by atoms with van der Waals surface area (Å²) in [4.78, 5) is 1.13. The predicted molar refractivity (Wildman–Crippen MR) is 69.7 cm³/mol. The maximum atomic E-state index is 12.5. The van der Waals surface area contributed by atoms with Gasteiger partial charge in [0.2, 0.25) is 0 Å². The average Bonchev–Trinajstić information content (AvgIpc) is 2.76. The minimum Gasteiger partial charge on any atom is -0.271 e. The number of rotatable bonds is 3. The molecule has 1 aromatic heterocycles. The van der Waals surface area contributed by atoms with E-state index in [4.69, 9.17) is 5.84 Å². The Balaban J connectivity index is 2.30. The van der Waals surface area contributed by atoms with E-state index in [0.29, 0.717) is 5.56 Å². The lowest BCUT2D eigenvalue weighted by molar-refractivity contribution is -0.137. The molecule has 0 radical (unpaired) electrons. The van der Waals surface area contributed by atoms with Crippen LogP contribution in [0.15, 0.2) is 35.7 Å². The molecule has 19 heavy (non-hydrogen) atoms. The Labute approximate surface area is 113 Å². The van der Waals surface area contributed by atoms with Crippen LogP contribution in [0.25, 0.3) is 0 Å². The van der Waals surface area contributed by atoms with Crippen LogP contribution >= 0.6 is 11.3 Å². The molecule has 0 spiro atoms. The summed E-state index contributed by atoms with van der Waals surface area (Å²) in [5.41, 5.74) is 3.62. The molecule has 0 bridgehead atoms. The first-order valence-electron chi connectivity index (χ1n) is 5.60. The number of hydrogen-bond donors (Lipinski definition) is 2. The minimum absolute atomic E-state index is 0.299. The molecule has 1 unspecified atom stereocenters. The van der Waals surface area contributed by atoms with Gasteiger partial charge in [0.05, 0.1) is 11.6 Å². The van der Waals surface area contributed by atoms with Gasteiger partial charge in [0.25, 0.3) is 0 Å². The van der Waals surface area contributed by atoms with Gasteiger partial charge in [0, 0.05) is 4.88 Å².